The summed E-state index contributed by atoms with van der Waals surface area (Å²) in [5.41, 5.74) is 0.0277. The lowest BCUT2D eigenvalue weighted by Gasteiger charge is -2.06. The second kappa shape index (κ2) is 5.16. The van der Waals surface area contributed by atoms with Crippen LogP contribution in [-0.4, -0.2) is 14.9 Å². The van der Waals surface area contributed by atoms with Crippen molar-refractivity contribution >= 4 is 21.6 Å². The molecule has 0 bridgehead atoms. The molecular weight excluding hydrogens is 326 g/mol. The standard InChI is InChI=1S/C13H10BrN3O3/c14-11-7-12(16-13(15-11)8-1-2-8)20-10-5-3-9(4-6-10)17(18)19/h3-8H,1-2H2. The van der Waals surface area contributed by atoms with Crippen LogP contribution in [0.1, 0.15) is 24.6 Å². The molecular formula is C13H10BrN3O3. The fourth-order valence-corrected chi connectivity index (χ4v) is 2.12. The Kier molecular flexibility index (Phi) is 3.35. The van der Waals surface area contributed by atoms with Gasteiger partial charge < -0.3 is 4.74 Å². The molecule has 7 heteroatoms. The zero-order valence-corrected chi connectivity index (χ0v) is 11.9. The third kappa shape index (κ3) is 2.93. The first-order valence-electron chi connectivity index (χ1n) is 6.08. The van der Waals surface area contributed by atoms with E-state index in [1.807, 2.05) is 0 Å². The third-order valence-electron chi connectivity index (χ3n) is 2.90. The lowest BCUT2D eigenvalue weighted by molar-refractivity contribution is -0.384. The van der Waals surface area contributed by atoms with Gasteiger partial charge in [0, 0.05) is 24.1 Å². The van der Waals surface area contributed by atoms with Crippen LogP contribution in [0.3, 0.4) is 0 Å². The average Bonchev–Trinajstić information content (AvgIpc) is 3.23. The smallest absolute Gasteiger partial charge is 0.269 e. The Morgan fingerprint density at radius 3 is 2.55 bits per heavy atom. The highest BCUT2D eigenvalue weighted by atomic mass is 79.9. The third-order valence-corrected chi connectivity index (χ3v) is 3.31. The summed E-state index contributed by atoms with van der Waals surface area (Å²) in [5.74, 6) is 2.13. The van der Waals surface area contributed by atoms with E-state index in [0.29, 0.717) is 22.2 Å². The van der Waals surface area contributed by atoms with Crippen molar-refractivity contribution < 1.29 is 9.66 Å². The molecule has 102 valence electrons. The van der Waals surface area contributed by atoms with Gasteiger partial charge in [0.05, 0.1) is 4.92 Å². The van der Waals surface area contributed by atoms with E-state index in [1.165, 1.54) is 12.1 Å². The molecule has 1 aliphatic rings. The van der Waals surface area contributed by atoms with E-state index >= 15 is 0 Å². The molecule has 3 rings (SSSR count). The summed E-state index contributed by atoms with van der Waals surface area (Å²) in [6.07, 6.45) is 2.21. The molecule has 0 radical (unpaired) electrons. The highest BCUT2D eigenvalue weighted by molar-refractivity contribution is 9.10. The Balaban J connectivity index is 1.81. The van der Waals surface area contributed by atoms with Gasteiger partial charge in [-0.2, -0.15) is 4.98 Å². The highest BCUT2D eigenvalue weighted by Crippen LogP contribution is 2.39. The molecule has 0 unspecified atom stereocenters. The number of rotatable bonds is 4. The number of nitrogens with zero attached hydrogens (tertiary/aromatic N) is 3. The highest BCUT2D eigenvalue weighted by Gasteiger charge is 2.27. The van der Waals surface area contributed by atoms with Gasteiger partial charge in [-0.15, -0.1) is 0 Å². The van der Waals surface area contributed by atoms with Crippen LogP contribution < -0.4 is 4.74 Å². The van der Waals surface area contributed by atoms with Crippen molar-refractivity contribution in [2.75, 3.05) is 0 Å². The number of hydrogen-bond acceptors (Lipinski definition) is 5. The number of halogens is 1. The number of benzene rings is 1. The maximum absolute atomic E-state index is 10.6. The molecule has 0 aliphatic heterocycles. The molecule has 0 saturated heterocycles. The number of nitro groups is 1. The number of nitro benzene ring substituents is 1. The van der Waals surface area contributed by atoms with Crippen LogP contribution in [0.15, 0.2) is 34.9 Å². The maximum atomic E-state index is 10.6. The van der Waals surface area contributed by atoms with Crippen molar-refractivity contribution in [3.05, 3.63) is 50.9 Å². The lowest BCUT2D eigenvalue weighted by Crippen LogP contribution is -1.96. The van der Waals surface area contributed by atoms with E-state index < -0.39 is 4.92 Å². The molecule has 2 aromatic rings. The van der Waals surface area contributed by atoms with Gasteiger partial charge in [-0.1, -0.05) is 0 Å². The van der Waals surface area contributed by atoms with Crippen LogP contribution in [0.25, 0.3) is 0 Å². The van der Waals surface area contributed by atoms with Crippen LogP contribution in [0, 0.1) is 10.1 Å². The first-order chi connectivity index (χ1) is 9.61. The molecule has 1 heterocycles. The van der Waals surface area contributed by atoms with Gasteiger partial charge in [0.2, 0.25) is 5.88 Å². The molecule has 0 atom stereocenters. The van der Waals surface area contributed by atoms with E-state index in [0.717, 1.165) is 18.7 Å². The average molecular weight is 336 g/mol. The summed E-state index contributed by atoms with van der Waals surface area (Å²) < 4.78 is 6.28. The molecule has 1 aromatic carbocycles. The summed E-state index contributed by atoms with van der Waals surface area (Å²) >= 11 is 3.33. The summed E-state index contributed by atoms with van der Waals surface area (Å²) in [6, 6.07) is 7.56. The fraction of sp³-hybridized carbons (Fsp3) is 0.231. The minimum Gasteiger partial charge on any atom is -0.439 e. The number of aromatic nitrogens is 2. The Morgan fingerprint density at radius 1 is 1.25 bits per heavy atom. The van der Waals surface area contributed by atoms with E-state index in [2.05, 4.69) is 25.9 Å². The minimum absolute atomic E-state index is 0.0277. The second-order valence-corrected chi connectivity index (χ2v) is 5.33. The summed E-state index contributed by atoms with van der Waals surface area (Å²) in [5, 5.41) is 10.6. The lowest BCUT2D eigenvalue weighted by atomic mass is 10.3. The maximum Gasteiger partial charge on any atom is 0.269 e. The van der Waals surface area contributed by atoms with E-state index in [1.54, 1.807) is 18.2 Å². The van der Waals surface area contributed by atoms with Crippen LogP contribution >= 0.6 is 15.9 Å². The predicted octanol–water partition coefficient (Wildman–Crippen LogP) is 3.82. The Bertz CT molecular complexity index is 656. The molecule has 20 heavy (non-hydrogen) atoms. The molecule has 0 amide bonds. The topological polar surface area (TPSA) is 78.2 Å². The molecule has 0 N–H and O–H groups in total. The van der Waals surface area contributed by atoms with E-state index in [-0.39, 0.29) is 5.69 Å². The van der Waals surface area contributed by atoms with Gasteiger partial charge in [-0.3, -0.25) is 10.1 Å². The summed E-state index contributed by atoms with van der Waals surface area (Å²) in [6.45, 7) is 0. The summed E-state index contributed by atoms with van der Waals surface area (Å²) in [4.78, 5) is 18.8. The molecule has 6 nitrogen and oxygen atoms in total. The number of hydrogen-bond donors (Lipinski definition) is 0. The first-order valence-corrected chi connectivity index (χ1v) is 6.88. The van der Waals surface area contributed by atoms with Gasteiger partial charge in [0.25, 0.3) is 5.69 Å². The normalized spacial score (nSPS) is 14.1. The van der Waals surface area contributed by atoms with Gasteiger partial charge >= 0.3 is 0 Å². The van der Waals surface area contributed by atoms with Crippen LogP contribution in [-0.2, 0) is 0 Å². The van der Waals surface area contributed by atoms with Gasteiger partial charge in [0.1, 0.15) is 16.2 Å². The van der Waals surface area contributed by atoms with Gasteiger partial charge in [0.15, 0.2) is 0 Å². The zero-order chi connectivity index (χ0) is 14.1. The Morgan fingerprint density at radius 2 is 1.95 bits per heavy atom. The number of non-ortho nitro benzene ring substituents is 1. The van der Waals surface area contributed by atoms with Crippen LogP contribution in [0.2, 0.25) is 0 Å². The van der Waals surface area contributed by atoms with Crippen molar-refractivity contribution in [2.24, 2.45) is 0 Å². The van der Waals surface area contributed by atoms with Crippen molar-refractivity contribution in [3.8, 4) is 11.6 Å². The van der Waals surface area contributed by atoms with Gasteiger partial charge in [-0.25, -0.2) is 4.98 Å². The molecule has 1 aromatic heterocycles. The predicted molar refractivity (Wildman–Crippen MR) is 74.9 cm³/mol. The molecule has 1 saturated carbocycles. The monoisotopic (exact) mass is 335 g/mol. The molecule has 1 fully saturated rings. The Hall–Kier alpha value is -2.02. The van der Waals surface area contributed by atoms with E-state index in [4.69, 9.17) is 4.74 Å². The number of ether oxygens (including phenoxy) is 1. The Labute approximate surface area is 123 Å². The van der Waals surface area contributed by atoms with Gasteiger partial charge in [-0.05, 0) is 40.9 Å². The molecule has 1 aliphatic carbocycles. The fourth-order valence-electron chi connectivity index (χ4n) is 1.75. The summed E-state index contributed by atoms with van der Waals surface area (Å²) in [7, 11) is 0. The second-order valence-electron chi connectivity index (χ2n) is 4.51. The largest absolute Gasteiger partial charge is 0.439 e. The zero-order valence-electron chi connectivity index (χ0n) is 10.3. The van der Waals surface area contributed by atoms with Crippen molar-refractivity contribution in [3.63, 3.8) is 0 Å². The van der Waals surface area contributed by atoms with Crippen LogP contribution in [0.5, 0.6) is 11.6 Å². The first kappa shape index (κ1) is 13.0. The molecule has 0 spiro atoms. The quantitative estimate of drug-likeness (QED) is 0.482. The van der Waals surface area contributed by atoms with Crippen molar-refractivity contribution in [1.82, 2.24) is 9.97 Å². The van der Waals surface area contributed by atoms with Crippen LogP contribution in [0.4, 0.5) is 5.69 Å². The van der Waals surface area contributed by atoms with E-state index in [9.17, 15) is 10.1 Å². The minimum atomic E-state index is -0.448. The van der Waals surface area contributed by atoms with Crippen molar-refractivity contribution in [1.29, 1.82) is 0 Å². The SMILES string of the molecule is O=[N+]([O-])c1ccc(Oc2cc(Br)nc(C3CC3)n2)cc1. The van der Waals surface area contributed by atoms with Crippen molar-refractivity contribution in [2.45, 2.75) is 18.8 Å².